The van der Waals surface area contributed by atoms with Gasteiger partial charge in [-0.3, -0.25) is 0 Å². The molecule has 0 radical (unpaired) electrons. The van der Waals surface area contributed by atoms with Gasteiger partial charge in [0.25, 0.3) is 0 Å². The monoisotopic (exact) mass is 247 g/mol. The Morgan fingerprint density at radius 3 is 2.78 bits per heavy atom. The Labute approximate surface area is 106 Å². The second-order valence-corrected chi connectivity index (χ2v) is 4.16. The summed E-state index contributed by atoms with van der Waals surface area (Å²) in [5.74, 6) is 2.26. The van der Waals surface area contributed by atoms with E-state index in [0.29, 0.717) is 5.82 Å². The summed E-state index contributed by atoms with van der Waals surface area (Å²) in [6, 6.07) is 3.76. The predicted octanol–water partition coefficient (Wildman–Crippen LogP) is 2.87. The van der Waals surface area contributed by atoms with Crippen molar-refractivity contribution in [2.75, 3.05) is 12.4 Å². The van der Waals surface area contributed by atoms with Gasteiger partial charge in [0.15, 0.2) is 11.6 Å². The second kappa shape index (κ2) is 5.08. The van der Waals surface area contributed by atoms with Crippen LogP contribution >= 0.6 is 0 Å². The Hall–Kier alpha value is -2.04. The highest BCUT2D eigenvalue weighted by Crippen LogP contribution is 2.28. The van der Waals surface area contributed by atoms with Crippen LogP contribution in [0, 0.1) is 13.8 Å². The summed E-state index contributed by atoms with van der Waals surface area (Å²) < 4.78 is 10.4. The van der Waals surface area contributed by atoms with E-state index in [1.165, 1.54) is 0 Å². The number of ether oxygens (including phenoxy) is 1. The molecular formula is C13H17N3O2. The molecule has 0 aliphatic rings. The number of hydrogen-bond donors (Lipinski definition) is 1. The van der Waals surface area contributed by atoms with Crippen LogP contribution < -0.4 is 10.1 Å². The van der Waals surface area contributed by atoms with Gasteiger partial charge in [-0.2, -0.15) is 0 Å². The lowest BCUT2D eigenvalue weighted by molar-refractivity contribution is 0.391. The third kappa shape index (κ3) is 2.30. The van der Waals surface area contributed by atoms with Crippen molar-refractivity contribution in [2.24, 2.45) is 0 Å². The summed E-state index contributed by atoms with van der Waals surface area (Å²) in [5.41, 5.74) is 1.95. The van der Waals surface area contributed by atoms with Gasteiger partial charge in [0.1, 0.15) is 5.76 Å². The van der Waals surface area contributed by atoms with Crippen molar-refractivity contribution in [3.05, 3.63) is 35.3 Å². The first-order valence-corrected chi connectivity index (χ1v) is 5.81. The van der Waals surface area contributed by atoms with Crippen LogP contribution in [0.15, 0.2) is 22.9 Å². The first-order chi connectivity index (χ1) is 8.63. The number of nitrogens with zero attached hydrogens (tertiary/aromatic N) is 2. The highest BCUT2D eigenvalue weighted by molar-refractivity contribution is 5.51. The molecule has 2 heterocycles. The number of aromatic nitrogens is 2. The molecule has 1 N–H and O–H groups in total. The first kappa shape index (κ1) is 12.4. The Balaban J connectivity index is 2.24. The third-order valence-electron chi connectivity index (χ3n) is 2.87. The molecule has 2 aromatic heterocycles. The van der Waals surface area contributed by atoms with E-state index in [1.54, 1.807) is 13.3 Å². The van der Waals surface area contributed by atoms with Crippen molar-refractivity contribution >= 4 is 5.82 Å². The molecule has 5 heteroatoms. The SMILES string of the molecule is COc1cccnc1NC(C)c1c(C)noc1C. The quantitative estimate of drug-likeness (QED) is 0.900. The summed E-state index contributed by atoms with van der Waals surface area (Å²) in [5, 5.41) is 7.26. The molecule has 1 atom stereocenters. The van der Waals surface area contributed by atoms with Crippen LogP contribution in [-0.2, 0) is 0 Å². The summed E-state index contributed by atoms with van der Waals surface area (Å²) in [7, 11) is 1.63. The minimum Gasteiger partial charge on any atom is -0.493 e. The van der Waals surface area contributed by atoms with Gasteiger partial charge < -0.3 is 14.6 Å². The van der Waals surface area contributed by atoms with E-state index >= 15 is 0 Å². The number of rotatable bonds is 4. The second-order valence-electron chi connectivity index (χ2n) is 4.16. The summed E-state index contributed by atoms with van der Waals surface area (Å²) in [6.07, 6.45) is 1.73. The largest absolute Gasteiger partial charge is 0.493 e. The summed E-state index contributed by atoms with van der Waals surface area (Å²) >= 11 is 0. The molecule has 0 saturated heterocycles. The van der Waals surface area contributed by atoms with Gasteiger partial charge >= 0.3 is 0 Å². The molecule has 0 saturated carbocycles. The van der Waals surface area contributed by atoms with Crippen LogP contribution in [0.2, 0.25) is 0 Å². The van der Waals surface area contributed by atoms with Gasteiger partial charge in [-0.25, -0.2) is 4.98 Å². The van der Waals surface area contributed by atoms with E-state index < -0.39 is 0 Å². The molecular weight excluding hydrogens is 230 g/mol. The molecule has 0 amide bonds. The van der Waals surface area contributed by atoms with Crippen LogP contribution in [0.3, 0.4) is 0 Å². The Bertz CT molecular complexity index is 517. The van der Waals surface area contributed by atoms with Gasteiger partial charge in [-0.15, -0.1) is 0 Å². The maximum atomic E-state index is 5.26. The molecule has 0 aliphatic heterocycles. The van der Waals surface area contributed by atoms with Crippen molar-refractivity contribution in [2.45, 2.75) is 26.8 Å². The average Bonchev–Trinajstić information content (AvgIpc) is 2.69. The molecule has 18 heavy (non-hydrogen) atoms. The standard InChI is InChI=1S/C13H17N3O2/c1-8(12-9(2)16-18-10(12)3)15-13-11(17-4)6-5-7-14-13/h5-8H,1-4H3,(H,14,15). The Morgan fingerprint density at radius 1 is 1.39 bits per heavy atom. The minimum atomic E-state index is 0.0556. The molecule has 96 valence electrons. The third-order valence-corrected chi connectivity index (χ3v) is 2.87. The molecule has 0 fully saturated rings. The molecule has 2 aromatic rings. The van der Waals surface area contributed by atoms with E-state index in [0.717, 1.165) is 22.8 Å². The van der Waals surface area contributed by atoms with Crippen LogP contribution in [-0.4, -0.2) is 17.3 Å². The van der Waals surface area contributed by atoms with E-state index in [-0.39, 0.29) is 6.04 Å². The predicted molar refractivity (Wildman–Crippen MR) is 68.8 cm³/mol. The number of anilines is 1. The van der Waals surface area contributed by atoms with Gasteiger partial charge in [-0.1, -0.05) is 5.16 Å². The van der Waals surface area contributed by atoms with Crippen LogP contribution in [0.1, 0.15) is 30.0 Å². The number of methoxy groups -OCH3 is 1. The first-order valence-electron chi connectivity index (χ1n) is 5.81. The lowest BCUT2D eigenvalue weighted by Crippen LogP contribution is -2.10. The van der Waals surface area contributed by atoms with E-state index in [4.69, 9.17) is 9.26 Å². The zero-order valence-electron chi connectivity index (χ0n) is 11.0. The number of hydrogen-bond acceptors (Lipinski definition) is 5. The number of aryl methyl sites for hydroxylation is 2. The van der Waals surface area contributed by atoms with Gasteiger partial charge in [0, 0.05) is 11.8 Å². The van der Waals surface area contributed by atoms with E-state index in [9.17, 15) is 0 Å². The van der Waals surface area contributed by atoms with Crippen molar-refractivity contribution in [1.82, 2.24) is 10.1 Å². The average molecular weight is 247 g/mol. The fraction of sp³-hybridized carbons (Fsp3) is 0.385. The summed E-state index contributed by atoms with van der Waals surface area (Å²) in [4.78, 5) is 4.27. The molecule has 5 nitrogen and oxygen atoms in total. The molecule has 0 aliphatic carbocycles. The van der Waals surface area contributed by atoms with Crippen LogP contribution in [0.5, 0.6) is 5.75 Å². The van der Waals surface area contributed by atoms with Crippen molar-refractivity contribution in [1.29, 1.82) is 0 Å². The Morgan fingerprint density at radius 2 is 2.17 bits per heavy atom. The smallest absolute Gasteiger partial charge is 0.169 e. The van der Waals surface area contributed by atoms with Gasteiger partial charge in [0.05, 0.1) is 18.8 Å². The molecule has 0 aromatic carbocycles. The van der Waals surface area contributed by atoms with E-state index in [2.05, 4.69) is 15.5 Å². The van der Waals surface area contributed by atoms with Crippen LogP contribution in [0.4, 0.5) is 5.82 Å². The minimum absolute atomic E-state index is 0.0556. The molecule has 1 unspecified atom stereocenters. The molecule has 0 spiro atoms. The lowest BCUT2D eigenvalue weighted by Gasteiger charge is -2.16. The normalized spacial score (nSPS) is 12.2. The van der Waals surface area contributed by atoms with Crippen LogP contribution in [0.25, 0.3) is 0 Å². The highest BCUT2D eigenvalue weighted by atomic mass is 16.5. The highest BCUT2D eigenvalue weighted by Gasteiger charge is 2.17. The van der Waals surface area contributed by atoms with Crippen molar-refractivity contribution in [3.8, 4) is 5.75 Å². The van der Waals surface area contributed by atoms with E-state index in [1.807, 2.05) is 32.9 Å². The number of pyridine rings is 1. The van der Waals surface area contributed by atoms with Gasteiger partial charge in [-0.05, 0) is 32.9 Å². The topological polar surface area (TPSA) is 60.2 Å². The zero-order valence-corrected chi connectivity index (χ0v) is 11.0. The fourth-order valence-corrected chi connectivity index (χ4v) is 2.05. The molecule has 2 rings (SSSR count). The zero-order chi connectivity index (χ0) is 13.1. The fourth-order valence-electron chi connectivity index (χ4n) is 2.05. The van der Waals surface area contributed by atoms with Crippen molar-refractivity contribution < 1.29 is 9.26 Å². The Kier molecular flexibility index (Phi) is 3.50. The summed E-state index contributed by atoms with van der Waals surface area (Å²) in [6.45, 7) is 5.88. The maximum absolute atomic E-state index is 5.26. The molecule has 0 bridgehead atoms. The van der Waals surface area contributed by atoms with Crippen molar-refractivity contribution in [3.63, 3.8) is 0 Å². The van der Waals surface area contributed by atoms with Gasteiger partial charge in [0.2, 0.25) is 0 Å². The maximum Gasteiger partial charge on any atom is 0.169 e. The number of nitrogens with one attached hydrogen (secondary N) is 1. The lowest BCUT2D eigenvalue weighted by atomic mass is 10.1.